The average Bonchev–Trinajstić information content (AvgIpc) is 3.44. The van der Waals surface area contributed by atoms with E-state index in [0.29, 0.717) is 0 Å². The molecule has 1 fully saturated rings. The van der Waals surface area contributed by atoms with Gasteiger partial charge in [-0.1, -0.05) is 18.2 Å². The third kappa shape index (κ3) is 2.86. The molecule has 5 heteroatoms. The van der Waals surface area contributed by atoms with E-state index in [1.165, 1.54) is 17.5 Å². The molecule has 0 bridgehead atoms. The highest BCUT2D eigenvalue weighted by Gasteiger charge is 2.33. The van der Waals surface area contributed by atoms with Gasteiger partial charge in [0, 0.05) is 18.8 Å². The van der Waals surface area contributed by atoms with Gasteiger partial charge in [0.1, 0.15) is 5.82 Å². The smallest absolute Gasteiger partial charge is 0.322 e. The minimum Gasteiger partial charge on any atom is -0.327 e. The third-order valence-corrected chi connectivity index (χ3v) is 6.16. The molecule has 144 valence electrons. The lowest BCUT2D eigenvalue weighted by molar-refractivity contribution is 0.204. The van der Waals surface area contributed by atoms with Crippen LogP contribution in [0.5, 0.6) is 0 Å². The highest BCUT2D eigenvalue weighted by atomic mass is 16.2. The van der Waals surface area contributed by atoms with Crippen LogP contribution in [0.25, 0.3) is 11.0 Å². The zero-order valence-corrected chi connectivity index (χ0v) is 16.3. The van der Waals surface area contributed by atoms with E-state index >= 15 is 0 Å². The Balaban J connectivity index is 1.42. The second-order valence-corrected chi connectivity index (χ2v) is 7.82. The van der Waals surface area contributed by atoms with Crippen LogP contribution in [-0.2, 0) is 19.4 Å². The number of carbonyl (C=O) groups is 1. The van der Waals surface area contributed by atoms with Crippen molar-refractivity contribution in [3.8, 4) is 0 Å². The van der Waals surface area contributed by atoms with Gasteiger partial charge in [-0.15, -0.1) is 0 Å². The highest BCUT2D eigenvalue weighted by Crippen LogP contribution is 2.34. The Kier molecular flexibility index (Phi) is 4.30. The van der Waals surface area contributed by atoms with Gasteiger partial charge in [-0.2, -0.15) is 0 Å². The average molecular weight is 374 g/mol. The van der Waals surface area contributed by atoms with E-state index in [1.807, 2.05) is 23.1 Å². The van der Waals surface area contributed by atoms with Gasteiger partial charge in [0.2, 0.25) is 0 Å². The molecule has 5 nitrogen and oxygen atoms in total. The van der Waals surface area contributed by atoms with E-state index in [0.717, 1.165) is 61.3 Å². The molecule has 1 unspecified atom stereocenters. The molecule has 28 heavy (non-hydrogen) atoms. The fraction of sp³-hybridized carbons (Fsp3) is 0.391. The van der Waals surface area contributed by atoms with E-state index in [1.54, 1.807) is 0 Å². The third-order valence-electron chi connectivity index (χ3n) is 6.16. The first-order valence-electron chi connectivity index (χ1n) is 10.4. The molecule has 0 saturated carbocycles. The van der Waals surface area contributed by atoms with Crippen molar-refractivity contribution in [1.82, 2.24) is 14.5 Å². The number of likely N-dealkylation sites (tertiary alicyclic amines) is 1. The van der Waals surface area contributed by atoms with E-state index in [2.05, 4.69) is 41.1 Å². The van der Waals surface area contributed by atoms with Crippen LogP contribution in [0.3, 0.4) is 0 Å². The first-order valence-corrected chi connectivity index (χ1v) is 10.4. The number of nitrogens with one attached hydrogen (secondary N) is 1. The molecule has 1 atom stereocenters. The van der Waals surface area contributed by atoms with Gasteiger partial charge in [-0.3, -0.25) is 0 Å². The fourth-order valence-corrected chi connectivity index (χ4v) is 4.80. The number of aromatic nitrogens is 2. The molecule has 1 aromatic heterocycles. The molecule has 2 amide bonds. The highest BCUT2D eigenvalue weighted by molar-refractivity contribution is 5.90. The van der Waals surface area contributed by atoms with Crippen molar-refractivity contribution in [1.29, 1.82) is 0 Å². The van der Waals surface area contributed by atoms with Crippen LogP contribution in [0.15, 0.2) is 42.5 Å². The zero-order chi connectivity index (χ0) is 19.1. The Morgan fingerprint density at radius 1 is 1.14 bits per heavy atom. The molecular formula is C23H26N4O. The van der Waals surface area contributed by atoms with Crippen molar-refractivity contribution < 1.29 is 4.79 Å². The number of urea groups is 1. The lowest BCUT2D eigenvalue weighted by Gasteiger charge is -2.25. The van der Waals surface area contributed by atoms with Gasteiger partial charge in [0.15, 0.2) is 0 Å². The second-order valence-electron chi connectivity index (χ2n) is 7.82. The summed E-state index contributed by atoms with van der Waals surface area (Å²) in [4.78, 5) is 19.9. The summed E-state index contributed by atoms with van der Waals surface area (Å²) in [6, 6.07) is 14.6. The van der Waals surface area contributed by atoms with Crippen molar-refractivity contribution in [2.24, 2.45) is 0 Å². The van der Waals surface area contributed by atoms with E-state index in [4.69, 9.17) is 4.98 Å². The number of rotatable bonds is 3. The maximum atomic E-state index is 13.1. The van der Waals surface area contributed by atoms with Gasteiger partial charge in [-0.05, 0) is 74.4 Å². The SMILES string of the molecule is CCn1c(C2CCCN2C(=O)Nc2ccc3c(c2)CCC3)nc2ccccc21. The number of aryl methyl sites for hydroxylation is 3. The zero-order valence-electron chi connectivity index (χ0n) is 16.3. The Bertz CT molecular complexity index is 1040. The molecule has 0 radical (unpaired) electrons. The summed E-state index contributed by atoms with van der Waals surface area (Å²) >= 11 is 0. The van der Waals surface area contributed by atoms with Crippen LogP contribution in [0.2, 0.25) is 0 Å². The molecule has 2 heterocycles. The topological polar surface area (TPSA) is 50.2 Å². The van der Waals surface area contributed by atoms with Crippen LogP contribution in [0.1, 0.15) is 49.2 Å². The summed E-state index contributed by atoms with van der Waals surface area (Å²) in [5.74, 6) is 1.00. The maximum Gasteiger partial charge on any atom is 0.322 e. The quantitative estimate of drug-likeness (QED) is 0.708. The van der Waals surface area contributed by atoms with Gasteiger partial charge in [-0.25, -0.2) is 9.78 Å². The van der Waals surface area contributed by atoms with E-state index in [9.17, 15) is 4.79 Å². The van der Waals surface area contributed by atoms with Gasteiger partial charge < -0.3 is 14.8 Å². The first-order chi connectivity index (χ1) is 13.7. The fourth-order valence-electron chi connectivity index (χ4n) is 4.80. The number of nitrogens with zero attached hydrogens (tertiary/aromatic N) is 3. The Labute approximate surface area is 165 Å². The van der Waals surface area contributed by atoms with Gasteiger partial charge in [0.25, 0.3) is 0 Å². The molecule has 5 rings (SSSR count). The summed E-state index contributed by atoms with van der Waals surface area (Å²) < 4.78 is 2.25. The number of benzene rings is 2. The standard InChI is InChI=1S/C23H26N4O/c1-2-26-20-10-4-3-9-19(20)25-22(26)21-11-6-14-27(21)23(28)24-18-13-12-16-7-5-8-17(16)15-18/h3-4,9-10,12-13,15,21H,2,5-8,11,14H2,1H3,(H,24,28). The molecule has 0 spiro atoms. The molecular weight excluding hydrogens is 348 g/mol. The lowest BCUT2D eigenvalue weighted by atomic mass is 10.1. The molecule has 1 N–H and O–H groups in total. The molecule has 3 aromatic rings. The summed E-state index contributed by atoms with van der Waals surface area (Å²) in [5.41, 5.74) is 5.86. The Hall–Kier alpha value is -2.82. The van der Waals surface area contributed by atoms with Gasteiger partial charge in [0.05, 0.1) is 17.1 Å². The van der Waals surface area contributed by atoms with Crippen LogP contribution >= 0.6 is 0 Å². The maximum absolute atomic E-state index is 13.1. The van der Waals surface area contributed by atoms with Crippen molar-refractivity contribution >= 4 is 22.8 Å². The molecule has 2 aromatic carbocycles. The minimum atomic E-state index is -0.0184. The molecule has 1 saturated heterocycles. The lowest BCUT2D eigenvalue weighted by Crippen LogP contribution is -2.35. The summed E-state index contributed by atoms with van der Waals surface area (Å²) in [6.07, 6.45) is 5.46. The second kappa shape index (κ2) is 6.97. The molecule has 1 aliphatic carbocycles. The Morgan fingerprint density at radius 3 is 2.89 bits per heavy atom. The number of para-hydroxylation sites is 2. The number of fused-ring (bicyclic) bond motifs is 2. The van der Waals surface area contributed by atoms with E-state index < -0.39 is 0 Å². The van der Waals surface area contributed by atoms with Crippen LogP contribution < -0.4 is 5.32 Å². The van der Waals surface area contributed by atoms with Gasteiger partial charge >= 0.3 is 6.03 Å². The predicted molar refractivity (Wildman–Crippen MR) is 112 cm³/mol. The van der Waals surface area contributed by atoms with Crippen LogP contribution in [0, 0.1) is 0 Å². The number of amides is 2. The van der Waals surface area contributed by atoms with E-state index in [-0.39, 0.29) is 12.1 Å². The summed E-state index contributed by atoms with van der Waals surface area (Å²) in [5, 5.41) is 3.13. The van der Waals surface area contributed by atoms with Crippen LogP contribution in [0.4, 0.5) is 10.5 Å². The normalized spacial score (nSPS) is 18.6. The first kappa shape index (κ1) is 17.3. The predicted octanol–water partition coefficient (Wildman–Crippen LogP) is 4.91. The summed E-state index contributed by atoms with van der Waals surface area (Å²) in [6.45, 7) is 3.77. The largest absolute Gasteiger partial charge is 0.327 e. The number of hydrogen-bond donors (Lipinski definition) is 1. The van der Waals surface area contributed by atoms with Crippen molar-refractivity contribution in [2.45, 2.75) is 51.6 Å². The number of hydrogen-bond acceptors (Lipinski definition) is 2. The van der Waals surface area contributed by atoms with Crippen LogP contribution in [-0.4, -0.2) is 27.0 Å². The van der Waals surface area contributed by atoms with Crippen molar-refractivity contribution in [2.75, 3.05) is 11.9 Å². The Morgan fingerprint density at radius 2 is 2.00 bits per heavy atom. The number of anilines is 1. The molecule has 2 aliphatic rings. The van der Waals surface area contributed by atoms with Crippen molar-refractivity contribution in [3.05, 3.63) is 59.4 Å². The summed E-state index contributed by atoms with van der Waals surface area (Å²) in [7, 11) is 0. The monoisotopic (exact) mass is 374 g/mol. The molecule has 1 aliphatic heterocycles. The minimum absolute atomic E-state index is 0.0184. The number of carbonyl (C=O) groups excluding carboxylic acids is 1. The number of imidazole rings is 1. The van der Waals surface area contributed by atoms with Crippen molar-refractivity contribution in [3.63, 3.8) is 0 Å².